The van der Waals surface area contributed by atoms with E-state index in [4.69, 9.17) is 5.11 Å². The van der Waals surface area contributed by atoms with Crippen molar-refractivity contribution in [2.75, 3.05) is 11.8 Å². The number of carbonyl (C=O) groups is 1. The number of anilines is 1. The number of aromatic carboxylic acids is 1. The molecule has 0 radical (unpaired) electrons. The second-order valence-electron chi connectivity index (χ2n) is 4.32. The number of nitrogens with zero attached hydrogens (tertiary/aromatic N) is 1. The van der Waals surface area contributed by atoms with Crippen LogP contribution in [0, 0.1) is 0 Å². The highest BCUT2D eigenvalue weighted by Gasteiger charge is 2.21. The number of carboxylic acids is 1. The lowest BCUT2D eigenvalue weighted by Crippen LogP contribution is -2.32. The number of nitrogens with one attached hydrogen (secondary N) is 1. The van der Waals surface area contributed by atoms with Gasteiger partial charge in [-0.05, 0) is 17.0 Å². The van der Waals surface area contributed by atoms with Crippen LogP contribution in [-0.2, 0) is 16.8 Å². The second-order valence-corrected chi connectivity index (χ2v) is 7.01. The Hall–Kier alpha value is -1.90. The molecule has 112 valence electrons. The Bertz CT molecular complexity index is 726. The number of benzene rings is 1. The Balaban J connectivity index is 2.14. The van der Waals surface area contributed by atoms with Gasteiger partial charge in [0.05, 0.1) is 5.69 Å². The SMILES string of the molecule is CN(Cc1ccccc1)S(=O)(=O)Nc1ccsc1C(=O)O. The monoisotopic (exact) mass is 326 g/mol. The van der Waals surface area contributed by atoms with Gasteiger partial charge in [-0.2, -0.15) is 12.7 Å². The molecule has 0 atom stereocenters. The van der Waals surface area contributed by atoms with Crippen LogP contribution >= 0.6 is 11.3 Å². The maximum absolute atomic E-state index is 12.2. The lowest BCUT2D eigenvalue weighted by atomic mass is 10.2. The Morgan fingerprint density at radius 3 is 2.57 bits per heavy atom. The minimum atomic E-state index is -3.81. The highest BCUT2D eigenvalue weighted by Crippen LogP contribution is 2.24. The van der Waals surface area contributed by atoms with Gasteiger partial charge >= 0.3 is 16.2 Å². The Morgan fingerprint density at radius 1 is 1.29 bits per heavy atom. The fourth-order valence-electron chi connectivity index (χ4n) is 1.70. The second kappa shape index (κ2) is 6.25. The maximum Gasteiger partial charge on any atom is 0.348 e. The van der Waals surface area contributed by atoms with Gasteiger partial charge in [0.1, 0.15) is 4.88 Å². The highest BCUT2D eigenvalue weighted by molar-refractivity contribution is 7.90. The van der Waals surface area contributed by atoms with Gasteiger partial charge in [0.25, 0.3) is 0 Å². The molecule has 0 spiro atoms. The van der Waals surface area contributed by atoms with Crippen molar-refractivity contribution >= 4 is 33.2 Å². The Labute approximate surface area is 126 Å². The molecule has 6 nitrogen and oxygen atoms in total. The first-order valence-corrected chi connectivity index (χ1v) is 8.31. The van der Waals surface area contributed by atoms with E-state index in [2.05, 4.69) is 4.72 Å². The number of hydrogen-bond donors (Lipinski definition) is 2. The summed E-state index contributed by atoms with van der Waals surface area (Å²) < 4.78 is 27.8. The largest absolute Gasteiger partial charge is 0.477 e. The van der Waals surface area contributed by atoms with Crippen molar-refractivity contribution in [3.8, 4) is 0 Å². The lowest BCUT2D eigenvalue weighted by molar-refractivity contribution is 0.0703. The number of thiophene rings is 1. The van der Waals surface area contributed by atoms with Crippen molar-refractivity contribution in [1.29, 1.82) is 0 Å². The van der Waals surface area contributed by atoms with Crippen LogP contribution in [0.1, 0.15) is 15.2 Å². The zero-order valence-corrected chi connectivity index (χ0v) is 12.8. The van der Waals surface area contributed by atoms with Crippen molar-refractivity contribution in [3.63, 3.8) is 0 Å². The van der Waals surface area contributed by atoms with Crippen molar-refractivity contribution < 1.29 is 18.3 Å². The average molecular weight is 326 g/mol. The van der Waals surface area contributed by atoms with E-state index in [1.807, 2.05) is 30.3 Å². The summed E-state index contributed by atoms with van der Waals surface area (Å²) in [6.07, 6.45) is 0. The van der Waals surface area contributed by atoms with Crippen LogP contribution in [-0.4, -0.2) is 30.8 Å². The zero-order valence-electron chi connectivity index (χ0n) is 11.2. The van der Waals surface area contributed by atoms with Crippen molar-refractivity contribution in [2.24, 2.45) is 0 Å². The Kier molecular flexibility index (Phi) is 4.61. The molecule has 2 rings (SSSR count). The van der Waals surface area contributed by atoms with Crippen LogP contribution in [0.25, 0.3) is 0 Å². The molecule has 1 aromatic carbocycles. The molecule has 8 heteroatoms. The molecule has 0 bridgehead atoms. The quantitative estimate of drug-likeness (QED) is 0.852. The fourth-order valence-corrected chi connectivity index (χ4v) is 3.37. The number of rotatable bonds is 6. The van der Waals surface area contributed by atoms with Gasteiger partial charge in [-0.25, -0.2) is 4.79 Å². The van der Waals surface area contributed by atoms with Crippen LogP contribution < -0.4 is 4.72 Å². The number of hydrogen-bond acceptors (Lipinski definition) is 4. The third-order valence-electron chi connectivity index (χ3n) is 2.76. The van der Waals surface area contributed by atoms with Crippen LogP contribution in [0.4, 0.5) is 5.69 Å². The topological polar surface area (TPSA) is 86.7 Å². The molecular weight excluding hydrogens is 312 g/mol. The Morgan fingerprint density at radius 2 is 1.95 bits per heavy atom. The van der Waals surface area contributed by atoms with E-state index in [1.54, 1.807) is 0 Å². The van der Waals surface area contributed by atoms with E-state index in [9.17, 15) is 13.2 Å². The van der Waals surface area contributed by atoms with Gasteiger partial charge in [0.15, 0.2) is 0 Å². The van der Waals surface area contributed by atoms with E-state index >= 15 is 0 Å². The molecule has 2 aromatic rings. The van der Waals surface area contributed by atoms with Crippen molar-refractivity contribution in [3.05, 3.63) is 52.2 Å². The van der Waals surface area contributed by atoms with Gasteiger partial charge in [0, 0.05) is 13.6 Å². The molecule has 0 aliphatic rings. The van der Waals surface area contributed by atoms with Gasteiger partial charge in [0.2, 0.25) is 0 Å². The predicted molar refractivity (Wildman–Crippen MR) is 81.7 cm³/mol. The van der Waals surface area contributed by atoms with E-state index in [0.29, 0.717) is 0 Å². The smallest absolute Gasteiger partial charge is 0.348 e. The summed E-state index contributed by atoms with van der Waals surface area (Å²) in [5.41, 5.74) is 0.918. The van der Waals surface area contributed by atoms with Gasteiger partial charge in [-0.1, -0.05) is 30.3 Å². The van der Waals surface area contributed by atoms with Crippen molar-refractivity contribution in [1.82, 2.24) is 4.31 Å². The van der Waals surface area contributed by atoms with E-state index in [-0.39, 0.29) is 17.1 Å². The lowest BCUT2D eigenvalue weighted by Gasteiger charge is -2.18. The normalized spacial score (nSPS) is 11.5. The molecule has 1 heterocycles. The molecular formula is C13H14N2O4S2. The van der Waals surface area contributed by atoms with Crippen LogP contribution in [0.15, 0.2) is 41.8 Å². The van der Waals surface area contributed by atoms with Crippen molar-refractivity contribution in [2.45, 2.75) is 6.54 Å². The summed E-state index contributed by atoms with van der Waals surface area (Å²) in [7, 11) is -2.38. The maximum atomic E-state index is 12.2. The minimum Gasteiger partial charge on any atom is -0.477 e. The molecule has 1 aromatic heterocycles. The molecule has 0 amide bonds. The van der Waals surface area contributed by atoms with E-state index in [1.165, 1.54) is 18.5 Å². The molecule has 0 aliphatic carbocycles. The summed E-state index contributed by atoms with van der Waals surface area (Å²) >= 11 is 0.969. The van der Waals surface area contributed by atoms with Crippen LogP contribution in [0.2, 0.25) is 0 Å². The summed E-state index contributed by atoms with van der Waals surface area (Å²) in [5.74, 6) is -1.16. The highest BCUT2D eigenvalue weighted by atomic mass is 32.2. The summed E-state index contributed by atoms with van der Waals surface area (Å²) in [6.45, 7) is 0.197. The first-order valence-electron chi connectivity index (χ1n) is 5.99. The fraction of sp³-hybridized carbons (Fsp3) is 0.154. The predicted octanol–water partition coefficient (Wildman–Crippen LogP) is 2.23. The first-order chi connectivity index (χ1) is 9.90. The van der Waals surface area contributed by atoms with Gasteiger partial charge in [-0.3, -0.25) is 4.72 Å². The molecule has 21 heavy (non-hydrogen) atoms. The first kappa shape index (κ1) is 15.5. The van der Waals surface area contributed by atoms with E-state index in [0.717, 1.165) is 21.2 Å². The summed E-state index contributed by atoms with van der Waals surface area (Å²) in [4.78, 5) is 11.0. The average Bonchev–Trinajstić information content (AvgIpc) is 2.87. The minimum absolute atomic E-state index is 0.0355. The molecule has 0 aliphatic heterocycles. The van der Waals surface area contributed by atoms with E-state index < -0.39 is 16.2 Å². The number of carboxylic acid groups (broad SMARTS) is 1. The van der Waals surface area contributed by atoms with Gasteiger partial charge < -0.3 is 5.11 Å². The third-order valence-corrected chi connectivity index (χ3v) is 5.09. The van der Waals surface area contributed by atoms with Crippen LogP contribution in [0.3, 0.4) is 0 Å². The molecule has 0 saturated heterocycles. The molecule has 0 unspecified atom stereocenters. The molecule has 0 saturated carbocycles. The van der Waals surface area contributed by atoms with Crippen LogP contribution in [0.5, 0.6) is 0 Å². The zero-order chi connectivity index (χ0) is 15.5. The summed E-state index contributed by atoms with van der Waals surface area (Å²) in [6, 6.07) is 10.6. The molecule has 2 N–H and O–H groups in total. The van der Waals surface area contributed by atoms with Gasteiger partial charge in [-0.15, -0.1) is 11.3 Å². The standard InChI is InChI=1S/C13H14N2O4S2/c1-15(9-10-5-3-2-4-6-10)21(18,19)14-11-7-8-20-12(11)13(16)17/h2-8,14H,9H2,1H3,(H,16,17). The molecule has 0 fully saturated rings. The third kappa shape index (κ3) is 3.81. The summed E-state index contributed by atoms with van der Waals surface area (Å²) in [5, 5.41) is 10.5.